The SMILES string of the molecule is COC1CC(N=C(N)Nc2ccccc2)C1. The second kappa shape index (κ2) is 4.99. The molecule has 2 rings (SSSR count). The van der Waals surface area contributed by atoms with Crippen LogP contribution in [0.2, 0.25) is 0 Å². The lowest BCUT2D eigenvalue weighted by atomic mass is 9.90. The molecule has 4 nitrogen and oxygen atoms in total. The minimum Gasteiger partial charge on any atom is -0.381 e. The van der Waals surface area contributed by atoms with Gasteiger partial charge >= 0.3 is 0 Å². The van der Waals surface area contributed by atoms with E-state index in [2.05, 4.69) is 10.3 Å². The van der Waals surface area contributed by atoms with Crippen LogP contribution >= 0.6 is 0 Å². The first-order chi connectivity index (χ1) is 7.78. The zero-order chi connectivity index (χ0) is 11.4. The van der Waals surface area contributed by atoms with Gasteiger partial charge in [-0.25, -0.2) is 4.99 Å². The van der Waals surface area contributed by atoms with E-state index in [1.807, 2.05) is 30.3 Å². The first kappa shape index (κ1) is 11.0. The fraction of sp³-hybridized carbons (Fsp3) is 0.417. The van der Waals surface area contributed by atoms with Crippen LogP contribution in [0.3, 0.4) is 0 Å². The first-order valence-electron chi connectivity index (χ1n) is 5.46. The van der Waals surface area contributed by atoms with Gasteiger partial charge in [-0.1, -0.05) is 18.2 Å². The zero-order valence-electron chi connectivity index (χ0n) is 9.39. The Balaban J connectivity index is 1.84. The number of methoxy groups -OCH3 is 1. The quantitative estimate of drug-likeness (QED) is 0.599. The summed E-state index contributed by atoms with van der Waals surface area (Å²) < 4.78 is 5.19. The van der Waals surface area contributed by atoms with Crippen LogP contribution in [-0.2, 0) is 4.74 Å². The van der Waals surface area contributed by atoms with Crippen molar-refractivity contribution in [1.29, 1.82) is 0 Å². The second-order valence-corrected chi connectivity index (χ2v) is 3.99. The molecular formula is C12H17N3O. The topological polar surface area (TPSA) is 59.6 Å². The molecule has 1 saturated carbocycles. The average Bonchev–Trinajstić information content (AvgIpc) is 2.24. The number of ether oxygens (including phenoxy) is 1. The number of guanidine groups is 1. The summed E-state index contributed by atoms with van der Waals surface area (Å²) in [5.41, 5.74) is 6.77. The molecule has 86 valence electrons. The Kier molecular flexibility index (Phi) is 3.41. The van der Waals surface area contributed by atoms with Crippen molar-refractivity contribution < 1.29 is 4.74 Å². The minimum absolute atomic E-state index is 0.307. The van der Waals surface area contributed by atoms with Crippen LogP contribution in [0, 0.1) is 0 Å². The maximum Gasteiger partial charge on any atom is 0.193 e. The molecule has 0 unspecified atom stereocenters. The number of nitrogens with one attached hydrogen (secondary N) is 1. The Bertz CT molecular complexity index is 358. The van der Waals surface area contributed by atoms with Crippen LogP contribution in [0.4, 0.5) is 5.69 Å². The number of anilines is 1. The summed E-state index contributed by atoms with van der Waals surface area (Å²) in [6.07, 6.45) is 2.29. The predicted octanol–water partition coefficient (Wildman–Crippen LogP) is 1.59. The Morgan fingerprint density at radius 2 is 2.06 bits per heavy atom. The van der Waals surface area contributed by atoms with E-state index in [1.165, 1.54) is 0 Å². The molecule has 0 saturated heterocycles. The molecule has 0 aliphatic heterocycles. The molecule has 3 N–H and O–H groups in total. The van der Waals surface area contributed by atoms with Crippen LogP contribution in [0.25, 0.3) is 0 Å². The van der Waals surface area contributed by atoms with Gasteiger partial charge in [0.15, 0.2) is 5.96 Å². The van der Waals surface area contributed by atoms with Crippen molar-refractivity contribution in [3.63, 3.8) is 0 Å². The monoisotopic (exact) mass is 219 g/mol. The fourth-order valence-electron chi connectivity index (χ4n) is 1.73. The van der Waals surface area contributed by atoms with Crippen LogP contribution in [0.15, 0.2) is 35.3 Å². The first-order valence-corrected chi connectivity index (χ1v) is 5.46. The van der Waals surface area contributed by atoms with Crippen molar-refractivity contribution in [2.45, 2.75) is 25.0 Å². The molecular weight excluding hydrogens is 202 g/mol. The molecule has 1 aliphatic carbocycles. The molecule has 1 aliphatic rings. The molecule has 0 bridgehead atoms. The highest BCUT2D eigenvalue weighted by Gasteiger charge is 2.28. The fourth-order valence-corrected chi connectivity index (χ4v) is 1.73. The lowest BCUT2D eigenvalue weighted by molar-refractivity contribution is 0.0285. The molecule has 0 atom stereocenters. The van der Waals surface area contributed by atoms with Gasteiger partial charge in [0.25, 0.3) is 0 Å². The third-order valence-corrected chi connectivity index (χ3v) is 2.77. The standard InChI is InChI=1S/C12H17N3O/c1-16-11-7-10(8-11)15-12(13)14-9-5-3-2-4-6-9/h2-6,10-11H,7-8H2,1H3,(H3,13,14,15). The van der Waals surface area contributed by atoms with Crippen LogP contribution in [0.1, 0.15) is 12.8 Å². The number of hydrogen-bond acceptors (Lipinski definition) is 2. The van der Waals surface area contributed by atoms with Gasteiger partial charge < -0.3 is 15.8 Å². The highest BCUT2D eigenvalue weighted by molar-refractivity contribution is 5.92. The zero-order valence-corrected chi connectivity index (χ0v) is 9.39. The summed E-state index contributed by atoms with van der Waals surface area (Å²) in [6, 6.07) is 10.1. The largest absolute Gasteiger partial charge is 0.381 e. The molecule has 1 fully saturated rings. The minimum atomic E-state index is 0.307. The smallest absolute Gasteiger partial charge is 0.193 e. The molecule has 0 amide bonds. The predicted molar refractivity (Wildman–Crippen MR) is 65.5 cm³/mol. The van der Waals surface area contributed by atoms with Crippen LogP contribution < -0.4 is 11.1 Å². The number of nitrogens with zero attached hydrogens (tertiary/aromatic N) is 1. The number of nitrogens with two attached hydrogens (primary N) is 1. The molecule has 1 aromatic rings. The van der Waals surface area contributed by atoms with Gasteiger partial charge in [-0.2, -0.15) is 0 Å². The summed E-state index contributed by atoms with van der Waals surface area (Å²) in [5, 5.41) is 3.06. The van der Waals surface area contributed by atoms with E-state index in [4.69, 9.17) is 10.5 Å². The van der Waals surface area contributed by atoms with Gasteiger partial charge in [0, 0.05) is 12.8 Å². The maximum atomic E-state index is 5.80. The molecule has 16 heavy (non-hydrogen) atoms. The lowest BCUT2D eigenvalue weighted by Gasteiger charge is -2.31. The molecule has 0 radical (unpaired) electrons. The maximum absolute atomic E-state index is 5.80. The lowest BCUT2D eigenvalue weighted by Crippen LogP contribution is -2.36. The van der Waals surface area contributed by atoms with Crippen molar-refractivity contribution >= 4 is 11.6 Å². The molecule has 4 heteroatoms. The summed E-state index contributed by atoms with van der Waals surface area (Å²) in [5.74, 6) is 0.478. The normalized spacial score (nSPS) is 24.9. The molecule has 1 aromatic carbocycles. The van der Waals surface area contributed by atoms with Crippen molar-refractivity contribution in [3.8, 4) is 0 Å². The number of hydrogen-bond donors (Lipinski definition) is 2. The van der Waals surface area contributed by atoms with Gasteiger partial charge in [0.05, 0.1) is 12.1 Å². The van der Waals surface area contributed by atoms with E-state index in [1.54, 1.807) is 7.11 Å². The van der Waals surface area contributed by atoms with Gasteiger partial charge in [0.1, 0.15) is 0 Å². The van der Waals surface area contributed by atoms with Gasteiger partial charge in [-0.15, -0.1) is 0 Å². The van der Waals surface area contributed by atoms with E-state index >= 15 is 0 Å². The number of para-hydroxylation sites is 1. The summed E-state index contributed by atoms with van der Waals surface area (Å²) in [7, 11) is 1.73. The highest BCUT2D eigenvalue weighted by Crippen LogP contribution is 2.25. The number of aliphatic imine (C=N–C) groups is 1. The molecule has 0 heterocycles. The van der Waals surface area contributed by atoms with E-state index in [-0.39, 0.29) is 0 Å². The van der Waals surface area contributed by atoms with E-state index in [0.717, 1.165) is 18.5 Å². The molecule has 0 spiro atoms. The third-order valence-electron chi connectivity index (χ3n) is 2.77. The Hall–Kier alpha value is -1.55. The summed E-state index contributed by atoms with van der Waals surface area (Å²) in [6.45, 7) is 0. The second-order valence-electron chi connectivity index (χ2n) is 3.99. The average molecular weight is 219 g/mol. The van der Waals surface area contributed by atoms with Crippen molar-refractivity contribution in [1.82, 2.24) is 0 Å². The highest BCUT2D eigenvalue weighted by atomic mass is 16.5. The Morgan fingerprint density at radius 1 is 1.38 bits per heavy atom. The number of rotatable bonds is 3. The van der Waals surface area contributed by atoms with Crippen molar-refractivity contribution in [3.05, 3.63) is 30.3 Å². The third kappa shape index (κ3) is 2.73. The van der Waals surface area contributed by atoms with Gasteiger partial charge in [-0.3, -0.25) is 0 Å². The summed E-state index contributed by atoms with van der Waals surface area (Å²) >= 11 is 0. The van der Waals surface area contributed by atoms with Crippen molar-refractivity contribution in [2.24, 2.45) is 10.7 Å². The summed E-state index contributed by atoms with van der Waals surface area (Å²) in [4.78, 5) is 4.38. The van der Waals surface area contributed by atoms with Gasteiger partial charge in [-0.05, 0) is 25.0 Å². The van der Waals surface area contributed by atoms with Crippen LogP contribution in [0.5, 0.6) is 0 Å². The van der Waals surface area contributed by atoms with E-state index in [9.17, 15) is 0 Å². The molecule has 0 aromatic heterocycles. The van der Waals surface area contributed by atoms with Gasteiger partial charge in [0.2, 0.25) is 0 Å². The Morgan fingerprint density at radius 3 is 2.69 bits per heavy atom. The van der Waals surface area contributed by atoms with E-state index in [0.29, 0.717) is 18.1 Å². The Labute approximate surface area is 95.5 Å². The van der Waals surface area contributed by atoms with Crippen LogP contribution in [-0.4, -0.2) is 25.2 Å². The van der Waals surface area contributed by atoms with E-state index < -0.39 is 0 Å². The van der Waals surface area contributed by atoms with Crippen molar-refractivity contribution in [2.75, 3.05) is 12.4 Å². The number of benzene rings is 1.